The SMILES string of the molecule is CCNCCNC(=O)OCC. The van der Waals surface area contributed by atoms with Gasteiger partial charge in [-0.2, -0.15) is 0 Å². The standard InChI is InChI=1S/C7H16N2O2/c1-3-8-5-6-9-7(10)11-4-2/h8H,3-6H2,1-2H3,(H,9,10). The average molecular weight is 160 g/mol. The van der Waals surface area contributed by atoms with Gasteiger partial charge < -0.3 is 15.4 Å². The van der Waals surface area contributed by atoms with Crippen LogP contribution in [0.5, 0.6) is 0 Å². The van der Waals surface area contributed by atoms with Gasteiger partial charge in [0, 0.05) is 13.1 Å². The number of rotatable bonds is 5. The van der Waals surface area contributed by atoms with Crippen molar-refractivity contribution in [1.82, 2.24) is 10.6 Å². The van der Waals surface area contributed by atoms with E-state index in [0.717, 1.165) is 13.1 Å². The van der Waals surface area contributed by atoms with Gasteiger partial charge >= 0.3 is 6.09 Å². The number of hydrogen-bond donors (Lipinski definition) is 2. The van der Waals surface area contributed by atoms with Crippen LogP contribution in [0.15, 0.2) is 0 Å². The zero-order chi connectivity index (χ0) is 8.53. The van der Waals surface area contributed by atoms with Crippen molar-refractivity contribution in [3.05, 3.63) is 0 Å². The van der Waals surface area contributed by atoms with Gasteiger partial charge in [-0.3, -0.25) is 0 Å². The number of hydrogen-bond acceptors (Lipinski definition) is 3. The molecule has 2 N–H and O–H groups in total. The second-order valence-electron chi connectivity index (χ2n) is 2.00. The Morgan fingerprint density at radius 1 is 1.36 bits per heavy atom. The molecule has 0 rings (SSSR count). The lowest BCUT2D eigenvalue weighted by atomic mass is 10.6. The second-order valence-corrected chi connectivity index (χ2v) is 2.00. The van der Waals surface area contributed by atoms with E-state index in [1.54, 1.807) is 6.92 Å². The van der Waals surface area contributed by atoms with Gasteiger partial charge in [0.15, 0.2) is 0 Å². The van der Waals surface area contributed by atoms with E-state index in [1.165, 1.54) is 0 Å². The maximum atomic E-state index is 10.6. The Balaban J connectivity index is 3.04. The van der Waals surface area contributed by atoms with Gasteiger partial charge in [0.1, 0.15) is 0 Å². The third-order valence-corrected chi connectivity index (χ3v) is 1.10. The van der Waals surface area contributed by atoms with Gasteiger partial charge in [-0.25, -0.2) is 4.79 Å². The van der Waals surface area contributed by atoms with Crippen LogP contribution in [0.4, 0.5) is 4.79 Å². The largest absolute Gasteiger partial charge is 0.450 e. The molecule has 0 aromatic rings. The highest BCUT2D eigenvalue weighted by Crippen LogP contribution is 1.73. The fraction of sp³-hybridized carbons (Fsp3) is 0.857. The molecule has 0 saturated carbocycles. The first kappa shape index (κ1) is 10.2. The molecular weight excluding hydrogens is 144 g/mol. The van der Waals surface area contributed by atoms with Crippen LogP contribution in [0.25, 0.3) is 0 Å². The lowest BCUT2D eigenvalue weighted by Crippen LogP contribution is -2.32. The summed E-state index contributed by atoms with van der Waals surface area (Å²) in [6.45, 7) is 6.55. The van der Waals surface area contributed by atoms with E-state index in [0.29, 0.717) is 13.2 Å². The summed E-state index contributed by atoms with van der Waals surface area (Å²) in [7, 11) is 0. The molecule has 0 fully saturated rings. The molecule has 0 saturated heterocycles. The van der Waals surface area contributed by atoms with Crippen molar-refractivity contribution in [2.75, 3.05) is 26.2 Å². The molecule has 0 aromatic heterocycles. The van der Waals surface area contributed by atoms with Crippen LogP contribution >= 0.6 is 0 Å². The summed E-state index contributed by atoms with van der Waals surface area (Å²) in [4.78, 5) is 10.6. The highest BCUT2D eigenvalue weighted by Gasteiger charge is 1.96. The normalized spacial score (nSPS) is 9.27. The predicted octanol–water partition coefficient (Wildman–Crippen LogP) is 0.342. The first-order valence-corrected chi connectivity index (χ1v) is 3.92. The number of carbonyl (C=O) groups is 1. The number of alkyl carbamates (subject to hydrolysis) is 1. The summed E-state index contributed by atoms with van der Waals surface area (Å²) < 4.78 is 4.64. The number of amides is 1. The highest BCUT2D eigenvalue weighted by atomic mass is 16.5. The summed E-state index contributed by atoms with van der Waals surface area (Å²) >= 11 is 0. The van der Waals surface area contributed by atoms with Crippen LogP contribution in [-0.4, -0.2) is 32.3 Å². The van der Waals surface area contributed by atoms with Gasteiger partial charge in [0.2, 0.25) is 0 Å². The second kappa shape index (κ2) is 7.34. The molecule has 0 bridgehead atoms. The third kappa shape index (κ3) is 7.12. The van der Waals surface area contributed by atoms with E-state index in [1.807, 2.05) is 6.92 Å². The Morgan fingerprint density at radius 2 is 2.09 bits per heavy atom. The Labute approximate surface area is 67.3 Å². The van der Waals surface area contributed by atoms with Crippen molar-refractivity contribution in [1.29, 1.82) is 0 Å². The lowest BCUT2D eigenvalue weighted by Gasteiger charge is -2.04. The number of likely N-dealkylation sites (N-methyl/N-ethyl adjacent to an activating group) is 1. The topological polar surface area (TPSA) is 50.4 Å². The summed E-state index contributed by atoms with van der Waals surface area (Å²) in [6, 6.07) is 0. The molecule has 0 atom stereocenters. The minimum atomic E-state index is -0.342. The first-order valence-electron chi connectivity index (χ1n) is 3.92. The fourth-order valence-electron chi connectivity index (χ4n) is 0.612. The summed E-state index contributed by atoms with van der Waals surface area (Å²) in [6.07, 6.45) is -0.342. The molecule has 11 heavy (non-hydrogen) atoms. The Morgan fingerprint density at radius 3 is 2.64 bits per heavy atom. The molecule has 0 aromatic carbocycles. The molecule has 66 valence electrons. The molecule has 4 nitrogen and oxygen atoms in total. The van der Waals surface area contributed by atoms with Crippen molar-refractivity contribution in [3.63, 3.8) is 0 Å². The number of ether oxygens (including phenoxy) is 1. The van der Waals surface area contributed by atoms with Gasteiger partial charge in [0.25, 0.3) is 0 Å². The van der Waals surface area contributed by atoms with Crippen LogP contribution in [0, 0.1) is 0 Å². The Hall–Kier alpha value is -0.770. The van der Waals surface area contributed by atoms with Crippen molar-refractivity contribution in [2.45, 2.75) is 13.8 Å². The zero-order valence-corrected chi connectivity index (χ0v) is 7.14. The minimum Gasteiger partial charge on any atom is -0.450 e. The zero-order valence-electron chi connectivity index (χ0n) is 7.14. The van der Waals surface area contributed by atoms with Crippen LogP contribution < -0.4 is 10.6 Å². The maximum Gasteiger partial charge on any atom is 0.407 e. The smallest absolute Gasteiger partial charge is 0.407 e. The molecule has 4 heteroatoms. The van der Waals surface area contributed by atoms with E-state index in [4.69, 9.17) is 0 Å². The van der Waals surface area contributed by atoms with Gasteiger partial charge in [-0.05, 0) is 13.5 Å². The molecular formula is C7H16N2O2. The van der Waals surface area contributed by atoms with E-state index < -0.39 is 0 Å². The van der Waals surface area contributed by atoms with E-state index in [2.05, 4.69) is 15.4 Å². The molecule has 0 heterocycles. The van der Waals surface area contributed by atoms with Crippen LogP contribution in [-0.2, 0) is 4.74 Å². The predicted molar refractivity (Wildman–Crippen MR) is 43.6 cm³/mol. The molecule has 1 amide bonds. The first-order chi connectivity index (χ1) is 5.31. The molecule has 0 radical (unpaired) electrons. The number of nitrogens with one attached hydrogen (secondary N) is 2. The van der Waals surface area contributed by atoms with Gasteiger partial charge in [-0.1, -0.05) is 6.92 Å². The third-order valence-electron chi connectivity index (χ3n) is 1.10. The fourth-order valence-corrected chi connectivity index (χ4v) is 0.612. The summed E-state index contributed by atoms with van der Waals surface area (Å²) in [5.41, 5.74) is 0. The van der Waals surface area contributed by atoms with Crippen LogP contribution in [0.3, 0.4) is 0 Å². The van der Waals surface area contributed by atoms with Crippen molar-refractivity contribution in [3.8, 4) is 0 Å². The summed E-state index contributed by atoms with van der Waals surface area (Å²) in [5.74, 6) is 0. The molecule has 0 spiro atoms. The molecule has 0 aliphatic carbocycles. The Bertz CT molecular complexity index is 107. The van der Waals surface area contributed by atoms with Crippen molar-refractivity contribution < 1.29 is 9.53 Å². The van der Waals surface area contributed by atoms with E-state index >= 15 is 0 Å². The maximum absolute atomic E-state index is 10.6. The monoisotopic (exact) mass is 160 g/mol. The van der Waals surface area contributed by atoms with Crippen LogP contribution in [0.1, 0.15) is 13.8 Å². The lowest BCUT2D eigenvalue weighted by molar-refractivity contribution is 0.152. The quantitative estimate of drug-likeness (QED) is 0.570. The Kier molecular flexibility index (Phi) is 6.82. The van der Waals surface area contributed by atoms with E-state index in [9.17, 15) is 4.79 Å². The van der Waals surface area contributed by atoms with Gasteiger partial charge in [0.05, 0.1) is 6.61 Å². The van der Waals surface area contributed by atoms with Crippen molar-refractivity contribution in [2.24, 2.45) is 0 Å². The van der Waals surface area contributed by atoms with Crippen molar-refractivity contribution >= 4 is 6.09 Å². The summed E-state index contributed by atoms with van der Waals surface area (Å²) in [5, 5.41) is 5.67. The van der Waals surface area contributed by atoms with E-state index in [-0.39, 0.29) is 6.09 Å². The number of carbonyl (C=O) groups excluding carboxylic acids is 1. The van der Waals surface area contributed by atoms with Gasteiger partial charge in [-0.15, -0.1) is 0 Å². The molecule has 0 aliphatic heterocycles. The average Bonchev–Trinajstić information content (AvgIpc) is 1.99. The highest BCUT2D eigenvalue weighted by molar-refractivity contribution is 5.66. The molecule has 0 aliphatic rings. The van der Waals surface area contributed by atoms with Crippen LogP contribution in [0.2, 0.25) is 0 Å². The minimum absolute atomic E-state index is 0.342. The molecule has 0 unspecified atom stereocenters.